The largest absolute Gasteiger partial charge is 0.508 e. The van der Waals surface area contributed by atoms with Crippen molar-refractivity contribution in [1.82, 2.24) is 0 Å². The van der Waals surface area contributed by atoms with E-state index in [1.54, 1.807) is 31.4 Å². The van der Waals surface area contributed by atoms with E-state index >= 15 is 0 Å². The van der Waals surface area contributed by atoms with Crippen LogP contribution in [0.4, 0.5) is 0 Å². The molecule has 2 aromatic rings. The molecule has 2 rings (SSSR count). The molecule has 0 bridgehead atoms. The Kier molecular flexibility index (Phi) is 4.88. The molecule has 1 N–H and O–H groups in total. The van der Waals surface area contributed by atoms with Gasteiger partial charge >= 0.3 is 0 Å². The highest BCUT2D eigenvalue weighted by atomic mass is 32.2. The Balaban J connectivity index is 2.15. The summed E-state index contributed by atoms with van der Waals surface area (Å²) >= 11 is 0. The van der Waals surface area contributed by atoms with Crippen LogP contribution in [0.5, 0.6) is 11.5 Å². The molecule has 4 nitrogen and oxygen atoms in total. The second kappa shape index (κ2) is 6.66. The van der Waals surface area contributed by atoms with E-state index in [1.807, 2.05) is 13.0 Å². The number of benzene rings is 2. The van der Waals surface area contributed by atoms with Crippen LogP contribution in [0, 0.1) is 6.92 Å². The van der Waals surface area contributed by atoms with Crippen LogP contribution in [-0.2, 0) is 15.6 Å². The second-order valence-electron chi connectivity index (χ2n) is 5.01. The van der Waals surface area contributed by atoms with Crippen molar-refractivity contribution in [2.24, 2.45) is 0 Å². The quantitative estimate of drug-likeness (QED) is 0.919. The summed E-state index contributed by atoms with van der Waals surface area (Å²) in [5.74, 6) is 0.736. The van der Waals surface area contributed by atoms with E-state index in [4.69, 9.17) is 4.74 Å². The molecule has 0 aliphatic carbocycles. The Morgan fingerprint density at radius 2 is 1.82 bits per heavy atom. The zero-order chi connectivity index (χ0) is 16.2. The molecule has 0 atom stereocenters. The maximum Gasteiger partial charge on any atom is 0.175 e. The van der Waals surface area contributed by atoms with Gasteiger partial charge in [0.2, 0.25) is 0 Å². The van der Waals surface area contributed by atoms with Crippen molar-refractivity contribution in [2.75, 3.05) is 7.11 Å². The van der Waals surface area contributed by atoms with Crippen molar-refractivity contribution in [1.29, 1.82) is 0 Å². The number of rotatable bonds is 5. The van der Waals surface area contributed by atoms with Crippen LogP contribution in [0.1, 0.15) is 16.7 Å². The van der Waals surface area contributed by atoms with Crippen molar-refractivity contribution in [2.45, 2.75) is 12.7 Å². The van der Waals surface area contributed by atoms with Gasteiger partial charge < -0.3 is 9.84 Å². The summed E-state index contributed by atoms with van der Waals surface area (Å²) in [5, 5.41) is 10.4. The summed E-state index contributed by atoms with van der Waals surface area (Å²) < 4.78 is 29.5. The summed E-state index contributed by atoms with van der Waals surface area (Å²) in [6.45, 7) is 1.90. The van der Waals surface area contributed by atoms with Gasteiger partial charge in [0.05, 0.1) is 12.9 Å². The molecule has 0 heterocycles. The van der Waals surface area contributed by atoms with E-state index in [0.717, 1.165) is 5.56 Å². The lowest BCUT2D eigenvalue weighted by Crippen LogP contribution is -2.00. The number of methoxy groups -OCH3 is 1. The van der Waals surface area contributed by atoms with Crippen LogP contribution in [0.3, 0.4) is 0 Å². The average Bonchev–Trinajstić information content (AvgIpc) is 2.48. The molecule has 0 aliphatic rings. The van der Waals surface area contributed by atoms with E-state index in [-0.39, 0.29) is 11.5 Å². The first kappa shape index (κ1) is 16.1. The molecule has 0 radical (unpaired) electrons. The number of sulfone groups is 1. The molecule has 0 unspecified atom stereocenters. The summed E-state index contributed by atoms with van der Waals surface area (Å²) in [7, 11) is -1.82. The number of ether oxygens (including phenoxy) is 1. The van der Waals surface area contributed by atoms with Crippen LogP contribution in [0.25, 0.3) is 6.08 Å². The zero-order valence-corrected chi connectivity index (χ0v) is 13.3. The molecule has 0 fully saturated rings. The molecule has 0 aromatic heterocycles. The van der Waals surface area contributed by atoms with Crippen LogP contribution < -0.4 is 4.74 Å². The fraction of sp³-hybridized carbons (Fsp3) is 0.176. The van der Waals surface area contributed by atoms with Gasteiger partial charge in [-0.05, 0) is 47.9 Å². The highest BCUT2D eigenvalue weighted by Gasteiger charge is 2.09. The minimum absolute atomic E-state index is 0.0851. The SMILES string of the molecule is COc1cc(CS(=O)(=O)C=Cc2ccc(O)cc2)ccc1C. The minimum atomic E-state index is -3.38. The van der Waals surface area contributed by atoms with Crippen LogP contribution in [-0.4, -0.2) is 20.6 Å². The zero-order valence-electron chi connectivity index (χ0n) is 12.5. The first-order chi connectivity index (χ1) is 10.4. The van der Waals surface area contributed by atoms with Crippen LogP contribution >= 0.6 is 0 Å². The Hall–Kier alpha value is -2.27. The number of phenolic OH excluding ortho intramolecular Hbond substituents is 1. The monoisotopic (exact) mass is 318 g/mol. The normalized spacial score (nSPS) is 11.7. The van der Waals surface area contributed by atoms with Crippen molar-refractivity contribution in [3.05, 3.63) is 64.6 Å². The van der Waals surface area contributed by atoms with E-state index in [9.17, 15) is 13.5 Å². The molecule has 0 spiro atoms. The number of aromatic hydroxyl groups is 1. The van der Waals surface area contributed by atoms with Gasteiger partial charge in [-0.2, -0.15) is 0 Å². The van der Waals surface area contributed by atoms with Gasteiger partial charge in [0.25, 0.3) is 0 Å². The average molecular weight is 318 g/mol. The molecule has 116 valence electrons. The fourth-order valence-electron chi connectivity index (χ4n) is 2.00. The Morgan fingerprint density at radius 1 is 1.14 bits per heavy atom. The van der Waals surface area contributed by atoms with Crippen LogP contribution in [0.2, 0.25) is 0 Å². The molecule has 0 aliphatic heterocycles. The number of hydrogen-bond donors (Lipinski definition) is 1. The Morgan fingerprint density at radius 3 is 2.45 bits per heavy atom. The Bertz CT molecular complexity index is 775. The Labute approximate surface area is 130 Å². The van der Waals surface area contributed by atoms with Crippen molar-refractivity contribution in [3.8, 4) is 11.5 Å². The molecule has 2 aromatic carbocycles. The number of phenols is 1. The topological polar surface area (TPSA) is 63.6 Å². The maximum absolute atomic E-state index is 12.1. The van der Waals surface area contributed by atoms with Gasteiger partial charge in [-0.15, -0.1) is 0 Å². The van der Waals surface area contributed by atoms with E-state index < -0.39 is 9.84 Å². The summed E-state index contributed by atoms with van der Waals surface area (Å²) in [6, 6.07) is 11.7. The molecule has 22 heavy (non-hydrogen) atoms. The molecule has 0 saturated heterocycles. The smallest absolute Gasteiger partial charge is 0.175 e. The molecular weight excluding hydrogens is 300 g/mol. The van der Waals surface area contributed by atoms with Crippen molar-refractivity contribution in [3.63, 3.8) is 0 Å². The summed E-state index contributed by atoms with van der Waals surface area (Å²) in [5.41, 5.74) is 2.35. The lowest BCUT2D eigenvalue weighted by molar-refractivity contribution is 0.411. The second-order valence-corrected chi connectivity index (χ2v) is 6.89. The maximum atomic E-state index is 12.1. The molecular formula is C17H18O4S. The standard InChI is InChI=1S/C17H18O4S/c1-13-3-4-15(11-17(13)21-2)12-22(19,20)10-9-14-5-7-16(18)8-6-14/h3-11,18H,12H2,1-2H3. The number of hydrogen-bond acceptors (Lipinski definition) is 4. The predicted octanol–water partition coefficient (Wildman–Crippen LogP) is 3.29. The third-order valence-electron chi connectivity index (χ3n) is 3.20. The van der Waals surface area contributed by atoms with E-state index in [2.05, 4.69) is 0 Å². The van der Waals surface area contributed by atoms with Crippen LogP contribution in [0.15, 0.2) is 47.9 Å². The van der Waals surface area contributed by atoms with Gasteiger partial charge in [-0.1, -0.05) is 24.3 Å². The highest BCUT2D eigenvalue weighted by Crippen LogP contribution is 2.21. The first-order valence-electron chi connectivity index (χ1n) is 6.73. The molecule has 0 amide bonds. The fourth-order valence-corrected chi connectivity index (χ4v) is 3.11. The van der Waals surface area contributed by atoms with Gasteiger partial charge in [0, 0.05) is 5.41 Å². The van der Waals surface area contributed by atoms with E-state index in [0.29, 0.717) is 16.9 Å². The van der Waals surface area contributed by atoms with Gasteiger partial charge in [0.1, 0.15) is 11.5 Å². The third kappa shape index (κ3) is 4.36. The summed E-state index contributed by atoms with van der Waals surface area (Å²) in [4.78, 5) is 0. The van der Waals surface area contributed by atoms with Gasteiger partial charge in [-0.25, -0.2) is 8.42 Å². The lowest BCUT2D eigenvalue weighted by Gasteiger charge is -2.07. The van der Waals surface area contributed by atoms with Crippen molar-refractivity contribution >= 4 is 15.9 Å². The third-order valence-corrected chi connectivity index (χ3v) is 4.49. The lowest BCUT2D eigenvalue weighted by atomic mass is 10.1. The van der Waals surface area contributed by atoms with E-state index in [1.165, 1.54) is 23.6 Å². The minimum Gasteiger partial charge on any atom is -0.508 e. The van der Waals surface area contributed by atoms with Crippen molar-refractivity contribution < 1.29 is 18.3 Å². The van der Waals surface area contributed by atoms with Gasteiger partial charge in [0.15, 0.2) is 9.84 Å². The molecule has 5 heteroatoms. The first-order valence-corrected chi connectivity index (χ1v) is 8.44. The van der Waals surface area contributed by atoms with Gasteiger partial charge in [-0.3, -0.25) is 0 Å². The summed E-state index contributed by atoms with van der Waals surface area (Å²) in [6.07, 6.45) is 1.51. The highest BCUT2D eigenvalue weighted by molar-refractivity contribution is 7.93. The number of aryl methyl sites for hydroxylation is 1. The predicted molar refractivity (Wildman–Crippen MR) is 87.5 cm³/mol. The molecule has 0 saturated carbocycles.